The van der Waals surface area contributed by atoms with E-state index in [1.54, 1.807) is 16.4 Å². The van der Waals surface area contributed by atoms with E-state index in [-0.39, 0.29) is 35.3 Å². The van der Waals surface area contributed by atoms with E-state index >= 15 is 0 Å². The summed E-state index contributed by atoms with van der Waals surface area (Å²) in [5.41, 5.74) is -0.215. The number of thioether (sulfide) groups is 1. The molecule has 1 aromatic heterocycles. The number of aromatic amines is 1. The lowest BCUT2D eigenvalue weighted by Gasteiger charge is -2.31. The smallest absolute Gasteiger partial charge is 0.344 e. The molecule has 8 nitrogen and oxygen atoms in total. The monoisotopic (exact) mass is 354 g/mol. The maximum atomic E-state index is 12.4. The van der Waals surface area contributed by atoms with E-state index in [1.807, 2.05) is 0 Å². The number of hydrogen-bond donors (Lipinski definition) is 1. The van der Waals surface area contributed by atoms with Crippen LogP contribution in [0.5, 0.6) is 0 Å². The average Bonchev–Trinajstić information content (AvgIpc) is 3.36. The van der Waals surface area contributed by atoms with Gasteiger partial charge in [0.15, 0.2) is 5.16 Å². The van der Waals surface area contributed by atoms with Crippen LogP contribution in [0.1, 0.15) is 38.6 Å². The summed E-state index contributed by atoms with van der Waals surface area (Å²) in [4.78, 5) is 37.7. The number of nitrogens with one attached hydrogen (secondary N) is 1. The molecule has 9 heteroatoms. The van der Waals surface area contributed by atoms with Gasteiger partial charge in [-0.05, 0) is 32.6 Å². The lowest BCUT2D eigenvalue weighted by atomic mass is 9.98. The summed E-state index contributed by atoms with van der Waals surface area (Å²) in [7, 11) is 0. The Morgan fingerprint density at radius 3 is 2.88 bits per heavy atom. The number of piperidine rings is 1. The molecule has 132 valence electrons. The number of hydrogen-bond acceptors (Lipinski definition) is 6. The van der Waals surface area contributed by atoms with Crippen LogP contribution >= 0.6 is 11.8 Å². The first-order valence-corrected chi connectivity index (χ1v) is 9.32. The second kappa shape index (κ2) is 7.42. The lowest BCUT2D eigenvalue weighted by Crippen LogP contribution is -2.43. The molecule has 2 heterocycles. The van der Waals surface area contributed by atoms with Crippen molar-refractivity contribution in [3.05, 3.63) is 10.5 Å². The summed E-state index contributed by atoms with van der Waals surface area (Å²) >= 11 is 1.27. The Bertz CT molecular complexity index is 667. The Labute approximate surface area is 143 Å². The summed E-state index contributed by atoms with van der Waals surface area (Å²) in [6, 6.07) is 0.219. The van der Waals surface area contributed by atoms with Crippen molar-refractivity contribution in [3.63, 3.8) is 0 Å². The minimum Gasteiger partial charge on any atom is -0.466 e. The van der Waals surface area contributed by atoms with Gasteiger partial charge in [-0.25, -0.2) is 9.89 Å². The molecule has 1 atom stereocenters. The van der Waals surface area contributed by atoms with Gasteiger partial charge < -0.3 is 9.64 Å². The third-order valence-corrected chi connectivity index (χ3v) is 5.24. The molecule has 1 aromatic rings. The van der Waals surface area contributed by atoms with Gasteiger partial charge in [-0.15, -0.1) is 5.10 Å². The van der Waals surface area contributed by atoms with Crippen LogP contribution in [0.4, 0.5) is 0 Å². The zero-order chi connectivity index (χ0) is 17.1. The van der Waals surface area contributed by atoms with Crippen molar-refractivity contribution >= 4 is 23.6 Å². The van der Waals surface area contributed by atoms with Crippen LogP contribution < -0.4 is 5.69 Å². The van der Waals surface area contributed by atoms with Crippen LogP contribution in [0, 0.1) is 5.92 Å². The fourth-order valence-electron chi connectivity index (χ4n) is 2.92. The molecule has 1 saturated carbocycles. The number of ether oxygens (including phenoxy) is 1. The third-order valence-electron chi connectivity index (χ3n) is 4.30. The first-order chi connectivity index (χ1) is 11.6. The minimum absolute atomic E-state index is 0.0354. The van der Waals surface area contributed by atoms with Crippen LogP contribution in [0.3, 0.4) is 0 Å². The molecule has 0 aromatic carbocycles. The van der Waals surface area contributed by atoms with Crippen molar-refractivity contribution in [2.24, 2.45) is 5.92 Å². The zero-order valence-corrected chi connectivity index (χ0v) is 14.5. The van der Waals surface area contributed by atoms with E-state index < -0.39 is 0 Å². The Morgan fingerprint density at radius 2 is 2.17 bits per heavy atom. The molecule has 0 spiro atoms. The fraction of sp³-hybridized carbons (Fsp3) is 0.733. The van der Waals surface area contributed by atoms with Crippen LogP contribution in [0.2, 0.25) is 0 Å². The molecular formula is C15H22N4O4S. The Hall–Kier alpha value is -1.77. The Morgan fingerprint density at radius 1 is 1.38 bits per heavy atom. The first-order valence-electron chi connectivity index (χ1n) is 8.34. The average molecular weight is 354 g/mol. The van der Waals surface area contributed by atoms with Crippen molar-refractivity contribution in [2.45, 2.75) is 43.8 Å². The normalized spacial score (nSPS) is 20.9. The van der Waals surface area contributed by atoms with Crippen LogP contribution in [-0.2, 0) is 14.3 Å². The van der Waals surface area contributed by atoms with Gasteiger partial charge in [-0.3, -0.25) is 14.2 Å². The van der Waals surface area contributed by atoms with E-state index in [4.69, 9.17) is 4.74 Å². The SMILES string of the molecule is CCOC(=O)[C@H]1CCCN(C(=O)CSc2n[nH]c(=O)n2C2CC2)C1. The van der Waals surface area contributed by atoms with E-state index in [1.165, 1.54) is 11.8 Å². The summed E-state index contributed by atoms with van der Waals surface area (Å²) in [5.74, 6) is -0.279. The number of esters is 1. The van der Waals surface area contributed by atoms with Gasteiger partial charge in [0.05, 0.1) is 18.3 Å². The molecule has 0 bridgehead atoms. The highest BCUT2D eigenvalue weighted by molar-refractivity contribution is 7.99. The molecule has 0 unspecified atom stereocenters. The number of rotatable bonds is 6. The first kappa shape index (κ1) is 17.1. The van der Waals surface area contributed by atoms with Gasteiger partial charge in [0.2, 0.25) is 5.91 Å². The van der Waals surface area contributed by atoms with Crippen molar-refractivity contribution in [3.8, 4) is 0 Å². The second-order valence-corrected chi connectivity index (χ2v) is 7.07. The van der Waals surface area contributed by atoms with Gasteiger partial charge in [0.1, 0.15) is 0 Å². The lowest BCUT2D eigenvalue weighted by molar-refractivity contribution is -0.151. The summed E-state index contributed by atoms with van der Waals surface area (Å²) in [6.07, 6.45) is 3.52. The number of amides is 1. The molecule has 0 radical (unpaired) electrons. The molecule has 3 rings (SSSR count). The summed E-state index contributed by atoms with van der Waals surface area (Å²) in [6.45, 7) is 3.21. The van der Waals surface area contributed by atoms with Gasteiger partial charge >= 0.3 is 11.7 Å². The van der Waals surface area contributed by atoms with Gasteiger partial charge in [-0.2, -0.15) is 0 Å². The van der Waals surface area contributed by atoms with Crippen molar-refractivity contribution in [1.29, 1.82) is 0 Å². The highest BCUT2D eigenvalue weighted by Gasteiger charge is 2.31. The van der Waals surface area contributed by atoms with E-state index in [0.29, 0.717) is 24.9 Å². The zero-order valence-electron chi connectivity index (χ0n) is 13.7. The molecule has 24 heavy (non-hydrogen) atoms. The standard InChI is InChI=1S/C15H22N4O4S/c1-2-23-13(21)10-4-3-7-18(8-10)12(20)9-24-15-17-16-14(22)19(15)11-5-6-11/h10-11H,2-9H2,1H3,(H,16,22)/t10-/m0/s1. The number of carbonyl (C=O) groups excluding carboxylic acids is 2. The largest absolute Gasteiger partial charge is 0.466 e. The number of aromatic nitrogens is 3. The number of nitrogens with zero attached hydrogens (tertiary/aromatic N) is 3. The Balaban J connectivity index is 1.55. The maximum absolute atomic E-state index is 12.4. The molecule has 1 saturated heterocycles. The van der Waals surface area contributed by atoms with E-state index in [9.17, 15) is 14.4 Å². The highest BCUT2D eigenvalue weighted by atomic mass is 32.2. The molecule has 1 N–H and O–H groups in total. The van der Waals surface area contributed by atoms with Gasteiger partial charge in [0.25, 0.3) is 0 Å². The quantitative estimate of drug-likeness (QED) is 0.599. The number of likely N-dealkylation sites (tertiary alicyclic amines) is 1. The molecule has 1 aliphatic carbocycles. The molecular weight excluding hydrogens is 332 g/mol. The summed E-state index contributed by atoms with van der Waals surface area (Å²) in [5, 5.41) is 7.02. The highest BCUT2D eigenvalue weighted by Crippen LogP contribution is 2.36. The predicted molar refractivity (Wildman–Crippen MR) is 87.8 cm³/mol. The van der Waals surface area contributed by atoms with Crippen molar-refractivity contribution in [1.82, 2.24) is 19.7 Å². The number of carbonyl (C=O) groups is 2. The second-order valence-electron chi connectivity index (χ2n) is 6.13. The minimum atomic E-state index is -0.234. The number of H-pyrrole nitrogens is 1. The molecule has 1 aliphatic heterocycles. The fourth-order valence-corrected chi connectivity index (χ4v) is 3.84. The molecule has 1 amide bonds. The third kappa shape index (κ3) is 3.82. The van der Waals surface area contributed by atoms with E-state index in [0.717, 1.165) is 25.7 Å². The van der Waals surface area contributed by atoms with Crippen molar-refractivity contribution in [2.75, 3.05) is 25.4 Å². The molecule has 2 aliphatic rings. The van der Waals surface area contributed by atoms with Crippen molar-refractivity contribution < 1.29 is 14.3 Å². The summed E-state index contributed by atoms with van der Waals surface area (Å²) < 4.78 is 6.69. The maximum Gasteiger partial charge on any atom is 0.344 e. The van der Waals surface area contributed by atoms with Crippen LogP contribution in [0.15, 0.2) is 9.95 Å². The van der Waals surface area contributed by atoms with Gasteiger partial charge in [-0.1, -0.05) is 11.8 Å². The Kier molecular flexibility index (Phi) is 5.27. The van der Waals surface area contributed by atoms with Gasteiger partial charge in [0, 0.05) is 19.1 Å². The molecule has 2 fully saturated rings. The topological polar surface area (TPSA) is 97.3 Å². The van der Waals surface area contributed by atoms with Crippen LogP contribution in [0.25, 0.3) is 0 Å². The van der Waals surface area contributed by atoms with Crippen LogP contribution in [-0.4, -0.2) is 57.0 Å². The predicted octanol–water partition coefficient (Wildman–Crippen LogP) is 0.800. The van der Waals surface area contributed by atoms with E-state index in [2.05, 4.69) is 10.2 Å².